The molecule has 118 valence electrons. The number of aryl methyl sites for hydroxylation is 1. The fourth-order valence-electron chi connectivity index (χ4n) is 3.05. The number of rotatable bonds is 4. The van der Waals surface area contributed by atoms with E-state index < -0.39 is 0 Å². The van der Waals surface area contributed by atoms with Gasteiger partial charge in [0.25, 0.3) is 0 Å². The van der Waals surface area contributed by atoms with Gasteiger partial charge in [0, 0.05) is 25.7 Å². The third-order valence-electron chi connectivity index (χ3n) is 4.63. The largest absolute Gasteiger partial charge is 0.493 e. The van der Waals surface area contributed by atoms with Gasteiger partial charge in [-0.3, -0.25) is 4.90 Å². The van der Waals surface area contributed by atoms with Crippen molar-refractivity contribution >= 4 is 0 Å². The maximum Gasteiger partial charge on any atom is 0.161 e. The highest BCUT2D eigenvalue weighted by atomic mass is 16.5. The Morgan fingerprint density at radius 2 is 1.86 bits per heavy atom. The molecule has 0 radical (unpaired) electrons. The molecule has 1 atom stereocenters. The Morgan fingerprint density at radius 3 is 2.43 bits per heavy atom. The lowest BCUT2D eigenvalue weighted by atomic mass is 9.79. The van der Waals surface area contributed by atoms with E-state index in [9.17, 15) is 0 Å². The van der Waals surface area contributed by atoms with Gasteiger partial charge in [0.2, 0.25) is 0 Å². The van der Waals surface area contributed by atoms with Crippen LogP contribution in [0, 0.1) is 12.3 Å². The second kappa shape index (κ2) is 6.24. The first-order valence-corrected chi connectivity index (χ1v) is 7.57. The summed E-state index contributed by atoms with van der Waals surface area (Å²) in [5.74, 6) is 1.59. The minimum absolute atomic E-state index is 0.169. The average Bonchev–Trinajstić information content (AvgIpc) is 2.44. The fraction of sp³-hybridized carbons (Fsp3) is 0.647. The molecule has 0 amide bonds. The predicted octanol–water partition coefficient (Wildman–Crippen LogP) is 2.57. The molecule has 4 nitrogen and oxygen atoms in total. The Balaban J connectivity index is 2.16. The first kappa shape index (κ1) is 16.1. The van der Waals surface area contributed by atoms with Gasteiger partial charge in [-0.05, 0) is 42.0 Å². The number of nitrogens with two attached hydrogens (primary N) is 1. The van der Waals surface area contributed by atoms with Crippen LogP contribution in [0.4, 0.5) is 0 Å². The molecule has 4 heteroatoms. The summed E-state index contributed by atoms with van der Waals surface area (Å²) in [5.41, 5.74) is 8.91. The molecule has 0 aromatic heterocycles. The van der Waals surface area contributed by atoms with Gasteiger partial charge in [-0.2, -0.15) is 0 Å². The Hall–Kier alpha value is -1.26. The lowest BCUT2D eigenvalue weighted by molar-refractivity contribution is 0.0896. The molecule has 0 spiro atoms. The van der Waals surface area contributed by atoms with Crippen molar-refractivity contribution in [3.05, 3.63) is 23.3 Å². The Morgan fingerprint density at radius 1 is 1.24 bits per heavy atom. The fourth-order valence-corrected chi connectivity index (χ4v) is 3.05. The molecular weight excluding hydrogens is 264 g/mol. The van der Waals surface area contributed by atoms with Crippen LogP contribution >= 0.6 is 0 Å². The molecule has 0 saturated carbocycles. The molecular formula is C17H28N2O2. The van der Waals surface area contributed by atoms with E-state index in [1.165, 1.54) is 11.1 Å². The van der Waals surface area contributed by atoms with E-state index in [1.807, 2.05) is 0 Å². The predicted molar refractivity (Wildman–Crippen MR) is 85.9 cm³/mol. The standard InChI is InChI=1S/C17H28N2O2/c1-12-8-14(20-4)15(21-5)9-13(12)10-19-7-6-16(18)17(2,3)11-19/h8-9,16H,6-7,10-11,18H2,1-5H3. The second-order valence-electron chi connectivity index (χ2n) is 6.73. The average molecular weight is 292 g/mol. The van der Waals surface area contributed by atoms with Crippen molar-refractivity contribution in [2.75, 3.05) is 27.3 Å². The smallest absolute Gasteiger partial charge is 0.161 e. The van der Waals surface area contributed by atoms with Gasteiger partial charge in [-0.25, -0.2) is 0 Å². The molecule has 1 aromatic rings. The van der Waals surface area contributed by atoms with Crippen LogP contribution in [-0.2, 0) is 6.54 Å². The van der Waals surface area contributed by atoms with Crippen molar-refractivity contribution in [1.82, 2.24) is 4.90 Å². The van der Waals surface area contributed by atoms with Crippen LogP contribution in [0.5, 0.6) is 11.5 Å². The monoisotopic (exact) mass is 292 g/mol. The van der Waals surface area contributed by atoms with Crippen LogP contribution < -0.4 is 15.2 Å². The number of methoxy groups -OCH3 is 2. The normalized spacial score (nSPS) is 22.1. The molecule has 1 aliphatic rings. The van der Waals surface area contributed by atoms with Gasteiger partial charge in [-0.1, -0.05) is 13.8 Å². The number of piperidine rings is 1. The molecule has 1 heterocycles. The van der Waals surface area contributed by atoms with Crippen LogP contribution in [0.1, 0.15) is 31.4 Å². The summed E-state index contributed by atoms with van der Waals surface area (Å²) < 4.78 is 10.8. The third kappa shape index (κ3) is 3.50. The highest BCUT2D eigenvalue weighted by Crippen LogP contribution is 2.33. The van der Waals surface area contributed by atoms with Crippen molar-refractivity contribution in [2.24, 2.45) is 11.1 Å². The summed E-state index contributed by atoms with van der Waals surface area (Å²) in [6.07, 6.45) is 1.05. The van der Waals surface area contributed by atoms with Crippen LogP contribution in [-0.4, -0.2) is 38.3 Å². The number of hydrogen-bond acceptors (Lipinski definition) is 4. The van der Waals surface area contributed by atoms with Crippen molar-refractivity contribution in [2.45, 2.75) is 39.8 Å². The van der Waals surface area contributed by atoms with Crippen LogP contribution in [0.3, 0.4) is 0 Å². The maximum absolute atomic E-state index is 6.22. The molecule has 0 bridgehead atoms. The highest BCUT2D eigenvalue weighted by molar-refractivity contribution is 5.47. The zero-order chi connectivity index (χ0) is 15.6. The molecule has 1 saturated heterocycles. The number of hydrogen-bond donors (Lipinski definition) is 1. The van der Waals surface area contributed by atoms with Gasteiger partial charge in [0.05, 0.1) is 14.2 Å². The Bertz CT molecular complexity index is 500. The topological polar surface area (TPSA) is 47.7 Å². The Labute approximate surface area is 128 Å². The minimum atomic E-state index is 0.169. The van der Waals surface area contributed by atoms with Gasteiger partial charge in [0.1, 0.15) is 0 Å². The molecule has 2 N–H and O–H groups in total. The van der Waals surface area contributed by atoms with Crippen LogP contribution in [0.15, 0.2) is 12.1 Å². The van der Waals surface area contributed by atoms with E-state index in [0.29, 0.717) is 6.04 Å². The first-order valence-electron chi connectivity index (χ1n) is 7.57. The van der Waals surface area contributed by atoms with Gasteiger partial charge >= 0.3 is 0 Å². The summed E-state index contributed by atoms with van der Waals surface area (Å²) in [5, 5.41) is 0. The second-order valence-corrected chi connectivity index (χ2v) is 6.73. The number of ether oxygens (including phenoxy) is 2. The SMILES string of the molecule is COc1cc(C)c(CN2CCC(N)C(C)(C)C2)cc1OC. The summed E-state index contributed by atoms with van der Waals surface area (Å²) in [4.78, 5) is 2.48. The van der Waals surface area contributed by atoms with E-state index in [2.05, 4.69) is 37.8 Å². The number of nitrogens with zero attached hydrogens (tertiary/aromatic N) is 1. The number of benzene rings is 1. The molecule has 1 unspecified atom stereocenters. The van der Waals surface area contributed by atoms with Gasteiger partial charge in [-0.15, -0.1) is 0 Å². The van der Waals surface area contributed by atoms with E-state index in [4.69, 9.17) is 15.2 Å². The third-order valence-corrected chi connectivity index (χ3v) is 4.63. The maximum atomic E-state index is 6.22. The summed E-state index contributed by atoms with van der Waals surface area (Å²) in [6, 6.07) is 4.44. The number of likely N-dealkylation sites (tertiary alicyclic amines) is 1. The zero-order valence-electron chi connectivity index (χ0n) is 13.9. The van der Waals surface area contributed by atoms with Crippen molar-refractivity contribution in [3.63, 3.8) is 0 Å². The van der Waals surface area contributed by atoms with Gasteiger partial charge in [0.15, 0.2) is 11.5 Å². The zero-order valence-corrected chi connectivity index (χ0v) is 13.9. The quantitative estimate of drug-likeness (QED) is 0.926. The van der Waals surface area contributed by atoms with Crippen molar-refractivity contribution in [1.29, 1.82) is 0 Å². The van der Waals surface area contributed by atoms with E-state index in [-0.39, 0.29) is 5.41 Å². The molecule has 1 fully saturated rings. The Kier molecular flexibility index (Phi) is 4.79. The van der Waals surface area contributed by atoms with Crippen molar-refractivity contribution in [3.8, 4) is 11.5 Å². The minimum Gasteiger partial charge on any atom is -0.493 e. The lowest BCUT2D eigenvalue weighted by Gasteiger charge is -2.42. The van der Waals surface area contributed by atoms with E-state index in [1.54, 1.807) is 14.2 Å². The van der Waals surface area contributed by atoms with Crippen molar-refractivity contribution < 1.29 is 9.47 Å². The molecule has 1 aromatic carbocycles. The summed E-state index contributed by atoms with van der Waals surface area (Å²) >= 11 is 0. The lowest BCUT2D eigenvalue weighted by Crippen LogP contribution is -2.52. The van der Waals surface area contributed by atoms with Crippen LogP contribution in [0.25, 0.3) is 0 Å². The molecule has 21 heavy (non-hydrogen) atoms. The van der Waals surface area contributed by atoms with E-state index in [0.717, 1.165) is 37.6 Å². The molecule has 0 aliphatic carbocycles. The van der Waals surface area contributed by atoms with E-state index >= 15 is 0 Å². The van der Waals surface area contributed by atoms with Crippen LogP contribution in [0.2, 0.25) is 0 Å². The first-order chi connectivity index (χ1) is 9.87. The van der Waals surface area contributed by atoms with Gasteiger partial charge < -0.3 is 15.2 Å². The molecule has 2 rings (SSSR count). The highest BCUT2D eigenvalue weighted by Gasteiger charge is 2.33. The summed E-state index contributed by atoms with van der Waals surface area (Å²) in [6.45, 7) is 9.65. The summed E-state index contributed by atoms with van der Waals surface area (Å²) in [7, 11) is 3.35. The molecule has 1 aliphatic heterocycles.